The van der Waals surface area contributed by atoms with Crippen molar-refractivity contribution in [1.82, 2.24) is 4.90 Å². The van der Waals surface area contributed by atoms with Crippen LogP contribution in [0.2, 0.25) is 0 Å². The molecule has 0 N–H and O–H groups in total. The summed E-state index contributed by atoms with van der Waals surface area (Å²) in [5, 5.41) is 0. The number of allylic oxidation sites excluding steroid dienone is 2. The number of nitrogens with zero attached hydrogens (tertiary/aromatic N) is 1. The summed E-state index contributed by atoms with van der Waals surface area (Å²) in [7, 11) is 0. The van der Waals surface area contributed by atoms with E-state index in [0.29, 0.717) is 6.04 Å². The summed E-state index contributed by atoms with van der Waals surface area (Å²) < 4.78 is 0. The Bertz CT molecular complexity index is 305. The van der Waals surface area contributed by atoms with Crippen LogP contribution < -0.4 is 0 Å². The molecule has 1 aliphatic heterocycles. The van der Waals surface area contributed by atoms with Gasteiger partial charge < -0.3 is 9.69 Å². The highest BCUT2D eigenvalue weighted by molar-refractivity contribution is 5.52. The average Bonchev–Trinajstić information content (AvgIpc) is 2.80. The van der Waals surface area contributed by atoms with Crippen LogP contribution in [-0.4, -0.2) is 30.3 Å². The fourth-order valence-corrected chi connectivity index (χ4v) is 3.67. The van der Waals surface area contributed by atoms with Crippen molar-refractivity contribution >= 4 is 6.29 Å². The molecule has 22 heavy (non-hydrogen) atoms. The molecular weight excluding hydrogens is 270 g/mol. The lowest BCUT2D eigenvalue weighted by molar-refractivity contribution is -0.111. The lowest BCUT2D eigenvalue weighted by Gasteiger charge is -2.33. The Morgan fingerprint density at radius 1 is 1.05 bits per heavy atom. The maximum atomic E-state index is 11.1. The van der Waals surface area contributed by atoms with Crippen LogP contribution in [0.5, 0.6) is 0 Å². The summed E-state index contributed by atoms with van der Waals surface area (Å²) in [6.07, 6.45) is 17.1. The van der Waals surface area contributed by atoms with E-state index in [-0.39, 0.29) is 5.92 Å². The van der Waals surface area contributed by atoms with Crippen molar-refractivity contribution in [2.24, 2.45) is 11.8 Å². The maximum Gasteiger partial charge on any atom is 0.122 e. The minimum atomic E-state index is 0.198. The van der Waals surface area contributed by atoms with Gasteiger partial charge in [0.2, 0.25) is 0 Å². The third-order valence-electron chi connectivity index (χ3n) is 5.01. The third kappa shape index (κ3) is 8.12. The van der Waals surface area contributed by atoms with E-state index in [9.17, 15) is 4.79 Å². The van der Waals surface area contributed by atoms with Crippen molar-refractivity contribution < 1.29 is 4.79 Å². The number of carbonyl (C=O) groups is 1. The van der Waals surface area contributed by atoms with E-state index in [4.69, 9.17) is 0 Å². The molecule has 0 aromatic carbocycles. The predicted molar refractivity (Wildman–Crippen MR) is 96.1 cm³/mol. The lowest BCUT2D eigenvalue weighted by atomic mass is 9.90. The van der Waals surface area contributed by atoms with E-state index in [2.05, 4.69) is 37.8 Å². The highest BCUT2D eigenvalue weighted by Crippen LogP contribution is 2.24. The summed E-state index contributed by atoms with van der Waals surface area (Å²) >= 11 is 0. The molecule has 0 aliphatic carbocycles. The lowest BCUT2D eigenvalue weighted by Crippen LogP contribution is -2.38. The van der Waals surface area contributed by atoms with Crippen molar-refractivity contribution in [2.45, 2.75) is 84.6 Å². The number of carbonyl (C=O) groups excluding carboxylic acids is 1. The van der Waals surface area contributed by atoms with Gasteiger partial charge in [0, 0.05) is 12.0 Å². The first-order valence-corrected chi connectivity index (χ1v) is 9.47. The Hall–Kier alpha value is -0.630. The smallest absolute Gasteiger partial charge is 0.122 e. The van der Waals surface area contributed by atoms with Crippen molar-refractivity contribution in [3.63, 3.8) is 0 Å². The zero-order chi connectivity index (χ0) is 16.2. The Morgan fingerprint density at radius 3 is 2.32 bits per heavy atom. The monoisotopic (exact) mass is 307 g/mol. The molecule has 3 atom stereocenters. The van der Waals surface area contributed by atoms with Gasteiger partial charge in [-0.15, -0.1) is 0 Å². The summed E-state index contributed by atoms with van der Waals surface area (Å²) in [4.78, 5) is 13.8. The summed E-state index contributed by atoms with van der Waals surface area (Å²) in [5.74, 6) is 0.959. The Balaban J connectivity index is 2.50. The van der Waals surface area contributed by atoms with Gasteiger partial charge in [0.1, 0.15) is 6.29 Å². The van der Waals surface area contributed by atoms with E-state index in [1.807, 2.05) is 0 Å². The average molecular weight is 308 g/mol. The largest absolute Gasteiger partial charge is 0.303 e. The quantitative estimate of drug-likeness (QED) is 0.313. The van der Waals surface area contributed by atoms with Crippen LogP contribution in [0.3, 0.4) is 0 Å². The van der Waals surface area contributed by atoms with E-state index >= 15 is 0 Å². The molecule has 0 saturated carbocycles. The molecule has 0 aromatic heterocycles. The molecule has 2 heteroatoms. The Labute approximate surface area is 138 Å². The van der Waals surface area contributed by atoms with Gasteiger partial charge in [-0.2, -0.15) is 0 Å². The van der Waals surface area contributed by atoms with Crippen molar-refractivity contribution in [3.8, 4) is 0 Å². The van der Waals surface area contributed by atoms with Crippen LogP contribution in [0.1, 0.15) is 78.6 Å². The minimum absolute atomic E-state index is 0.198. The number of hydrogen-bond acceptors (Lipinski definition) is 2. The standard InChI is InChI=1S/C20H37NO/c1-4-5-6-9-12-18(2)15-20(16-19(3)17-22)21-13-10-7-8-11-14-21/h4-5,17-20H,6-16H2,1-3H3. The fourth-order valence-electron chi connectivity index (χ4n) is 3.67. The minimum Gasteiger partial charge on any atom is -0.303 e. The molecule has 1 heterocycles. The number of likely N-dealkylation sites (tertiary alicyclic amines) is 1. The second-order valence-electron chi connectivity index (χ2n) is 7.29. The first-order valence-electron chi connectivity index (χ1n) is 9.47. The molecular formula is C20H37NO. The van der Waals surface area contributed by atoms with Gasteiger partial charge in [0.25, 0.3) is 0 Å². The second-order valence-corrected chi connectivity index (χ2v) is 7.29. The highest BCUT2D eigenvalue weighted by Gasteiger charge is 2.23. The van der Waals surface area contributed by atoms with E-state index in [1.165, 1.54) is 64.5 Å². The van der Waals surface area contributed by atoms with Crippen LogP contribution in [0, 0.1) is 11.8 Å². The van der Waals surface area contributed by atoms with Crippen LogP contribution in [-0.2, 0) is 4.79 Å². The van der Waals surface area contributed by atoms with Crippen molar-refractivity contribution in [1.29, 1.82) is 0 Å². The molecule has 0 radical (unpaired) electrons. The van der Waals surface area contributed by atoms with Crippen LogP contribution >= 0.6 is 0 Å². The molecule has 1 aliphatic rings. The zero-order valence-corrected chi connectivity index (χ0v) is 15.1. The summed E-state index contributed by atoms with van der Waals surface area (Å²) in [6.45, 7) is 9.04. The molecule has 0 bridgehead atoms. The van der Waals surface area contributed by atoms with Gasteiger partial charge >= 0.3 is 0 Å². The van der Waals surface area contributed by atoms with Gasteiger partial charge in [0.15, 0.2) is 0 Å². The van der Waals surface area contributed by atoms with E-state index in [1.54, 1.807) is 0 Å². The third-order valence-corrected chi connectivity index (χ3v) is 5.01. The van der Waals surface area contributed by atoms with E-state index in [0.717, 1.165) is 18.6 Å². The topological polar surface area (TPSA) is 20.3 Å². The molecule has 0 amide bonds. The summed E-state index contributed by atoms with van der Waals surface area (Å²) in [5.41, 5.74) is 0. The molecule has 0 aromatic rings. The van der Waals surface area contributed by atoms with E-state index < -0.39 is 0 Å². The number of unbranched alkanes of at least 4 members (excludes halogenated alkanes) is 1. The maximum absolute atomic E-state index is 11.1. The predicted octanol–water partition coefficient (Wildman–Crippen LogP) is 5.23. The molecule has 0 spiro atoms. The van der Waals surface area contributed by atoms with Gasteiger partial charge in [-0.3, -0.25) is 0 Å². The number of aldehydes is 1. The van der Waals surface area contributed by atoms with Crippen LogP contribution in [0.25, 0.3) is 0 Å². The Morgan fingerprint density at radius 2 is 1.73 bits per heavy atom. The van der Waals surface area contributed by atoms with Crippen molar-refractivity contribution in [2.75, 3.05) is 13.1 Å². The molecule has 2 nitrogen and oxygen atoms in total. The molecule has 1 rings (SSSR count). The molecule has 1 saturated heterocycles. The van der Waals surface area contributed by atoms with Gasteiger partial charge in [-0.25, -0.2) is 0 Å². The van der Waals surface area contributed by atoms with Gasteiger partial charge in [-0.1, -0.05) is 45.3 Å². The SMILES string of the molecule is CC=CCCCC(C)CC(CC(C)C=O)N1CCCCCC1. The molecule has 1 fully saturated rings. The summed E-state index contributed by atoms with van der Waals surface area (Å²) in [6, 6.07) is 0.606. The number of rotatable bonds is 10. The van der Waals surface area contributed by atoms with Gasteiger partial charge in [0.05, 0.1) is 0 Å². The highest BCUT2D eigenvalue weighted by atomic mass is 16.1. The van der Waals surface area contributed by atoms with Crippen LogP contribution in [0.15, 0.2) is 12.2 Å². The van der Waals surface area contributed by atoms with Gasteiger partial charge in [-0.05, 0) is 64.5 Å². The van der Waals surface area contributed by atoms with Crippen LogP contribution in [0.4, 0.5) is 0 Å². The molecule has 3 unspecified atom stereocenters. The zero-order valence-electron chi connectivity index (χ0n) is 15.1. The normalized spacial score (nSPS) is 21.4. The second kappa shape index (κ2) is 11.9. The molecule has 128 valence electrons. The van der Waals surface area contributed by atoms with Crippen molar-refractivity contribution in [3.05, 3.63) is 12.2 Å². The fraction of sp³-hybridized carbons (Fsp3) is 0.850. The first kappa shape index (κ1) is 19.4. The number of hydrogen-bond donors (Lipinski definition) is 0. The Kier molecular flexibility index (Phi) is 10.5. The first-order chi connectivity index (χ1) is 10.7.